The molecule has 0 aliphatic carbocycles. The highest BCUT2D eigenvalue weighted by Gasteiger charge is 2.14. The van der Waals surface area contributed by atoms with Crippen molar-refractivity contribution in [3.63, 3.8) is 0 Å². The van der Waals surface area contributed by atoms with Gasteiger partial charge in [-0.1, -0.05) is 6.42 Å². The number of nitrogens with zero attached hydrogens (tertiary/aromatic N) is 1. The predicted molar refractivity (Wildman–Crippen MR) is 78.2 cm³/mol. The molecule has 1 aromatic carbocycles. The zero-order valence-electron chi connectivity index (χ0n) is 12.3. The van der Waals surface area contributed by atoms with Gasteiger partial charge in [-0.15, -0.1) is 0 Å². The van der Waals surface area contributed by atoms with Crippen molar-refractivity contribution in [3.05, 3.63) is 29.8 Å². The zero-order chi connectivity index (χ0) is 14.4. The number of hydrogen-bond donors (Lipinski definition) is 0. The van der Waals surface area contributed by atoms with E-state index in [1.165, 1.54) is 39.5 Å². The second-order valence-electron chi connectivity index (χ2n) is 5.31. The summed E-state index contributed by atoms with van der Waals surface area (Å²) < 4.78 is 10.6. The lowest BCUT2D eigenvalue weighted by Gasteiger charge is -2.29. The van der Waals surface area contributed by atoms with Crippen molar-refractivity contribution in [2.75, 3.05) is 26.7 Å². The third-order valence-corrected chi connectivity index (χ3v) is 3.58. The molecular formula is C16H23NO3. The molecule has 0 saturated carbocycles. The monoisotopic (exact) mass is 277 g/mol. The Hall–Kier alpha value is -1.55. The van der Waals surface area contributed by atoms with Gasteiger partial charge in [-0.3, -0.25) is 4.90 Å². The van der Waals surface area contributed by atoms with Gasteiger partial charge in [0.05, 0.1) is 12.7 Å². The van der Waals surface area contributed by atoms with E-state index >= 15 is 0 Å². The molecule has 1 aliphatic heterocycles. The van der Waals surface area contributed by atoms with E-state index in [2.05, 4.69) is 16.6 Å². The normalized spacial score (nSPS) is 17.5. The minimum atomic E-state index is -0.321. The van der Waals surface area contributed by atoms with Crippen LogP contribution in [0.3, 0.4) is 0 Å². The van der Waals surface area contributed by atoms with Crippen molar-refractivity contribution in [1.29, 1.82) is 0 Å². The van der Waals surface area contributed by atoms with Gasteiger partial charge in [-0.05, 0) is 57.1 Å². The average molecular weight is 277 g/mol. The van der Waals surface area contributed by atoms with E-state index in [-0.39, 0.29) is 12.1 Å². The first kappa shape index (κ1) is 14.9. The van der Waals surface area contributed by atoms with Gasteiger partial charge in [-0.25, -0.2) is 4.79 Å². The Kier molecular flexibility index (Phi) is 5.41. The highest BCUT2D eigenvalue weighted by Crippen LogP contribution is 2.16. The molecule has 0 amide bonds. The summed E-state index contributed by atoms with van der Waals surface area (Å²) in [5, 5.41) is 0. The van der Waals surface area contributed by atoms with E-state index in [0.29, 0.717) is 5.56 Å². The summed E-state index contributed by atoms with van der Waals surface area (Å²) in [4.78, 5) is 13.8. The van der Waals surface area contributed by atoms with Crippen molar-refractivity contribution in [2.24, 2.45) is 0 Å². The molecule has 1 aromatic rings. The van der Waals surface area contributed by atoms with Gasteiger partial charge >= 0.3 is 5.97 Å². The van der Waals surface area contributed by atoms with Crippen molar-refractivity contribution < 1.29 is 14.3 Å². The number of piperidine rings is 1. The quantitative estimate of drug-likeness (QED) is 0.776. The van der Waals surface area contributed by atoms with Gasteiger partial charge in [0.25, 0.3) is 0 Å². The molecule has 1 unspecified atom stereocenters. The highest BCUT2D eigenvalue weighted by molar-refractivity contribution is 5.89. The van der Waals surface area contributed by atoms with Crippen LogP contribution in [0.1, 0.15) is 36.5 Å². The molecule has 1 saturated heterocycles. The van der Waals surface area contributed by atoms with E-state index < -0.39 is 0 Å². The Labute approximate surface area is 120 Å². The number of ether oxygens (including phenoxy) is 2. The number of likely N-dealkylation sites (tertiary alicyclic amines) is 1. The molecule has 1 aliphatic rings. The molecule has 1 fully saturated rings. The van der Waals surface area contributed by atoms with Crippen molar-refractivity contribution in [2.45, 2.75) is 32.3 Å². The fraction of sp³-hybridized carbons (Fsp3) is 0.562. The molecule has 0 spiro atoms. The van der Waals surface area contributed by atoms with E-state index in [9.17, 15) is 4.79 Å². The average Bonchev–Trinajstić information content (AvgIpc) is 2.48. The van der Waals surface area contributed by atoms with Crippen LogP contribution in [-0.4, -0.2) is 43.7 Å². The summed E-state index contributed by atoms with van der Waals surface area (Å²) in [6, 6.07) is 7.10. The summed E-state index contributed by atoms with van der Waals surface area (Å²) in [6.07, 6.45) is 4.08. The summed E-state index contributed by atoms with van der Waals surface area (Å²) in [5.74, 6) is 0.472. The summed E-state index contributed by atoms with van der Waals surface area (Å²) in [5.41, 5.74) is 0.545. The van der Waals surface area contributed by atoms with Gasteiger partial charge < -0.3 is 9.47 Å². The number of carbonyl (C=O) groups is 1. The van der Waals surface area contributed by atoms with Crippen LogP contribution in [0.15, 0.2) is 24.3 Å². The molecule has 20 heavy (non-hydrogen) atoms. The molecular weight excluding hydrogens is 254 g/mol. The predicted octanol–water partition coefficient (Wildman–Crippen LogP) is 2.73. The topological polar surface area (TPSA) is 38.8 Å². The van der Waals surface area contributed by atoms with Gasteiger partial charge in [0, 0.05) is 6.54 Å². The Morgan fingerprint density at radius 2 is 1.85 bits per heavy atom. The molecule has 4 nitrogen and oxygen atoms in total. The first-order chi connectivity index (χ1) is 9.69. The lowest BCUT2D eigenvalue weighted by molar-refractivity contribution is 0.0600. The van der Waals surface area contributed by atoms with Crippen LogP contribution in [0, 0.1) is 0 Å². The Morgan fingerprint density at radius 1 is 1.20 bits per heavy atom. The van der Waals surface area contributed by atoms with Crippen molar-refractivity contribution in [1.82, 2.24) is 4.90 Å². The molecule has 1 atom stereocenters. The Morgan fingerprint density at radius 3 is 2.45 bits per heavy atom. The number of esters is 1. The first-order valence-electron chi connectivity index (χ1n) is 7.26. The Bertz CT molecular complexity index is 424. The van der Waals surface area contributed by atoms with Crippen LogP contribution in [-0.2, 0) is 4.74 Å². The van der Waals surface area contributed by atoms with Gasteiger partial charge in [0.1, 0.15) is 11.9 Å². The fourth-order valence-corrected chi connectivity index (χ4v) is 2.56. The molecule has 0 aromatic heterocycles. The summed E-state index contributed by atoms with van der Waals surface area (Å²) >= 11 is 0. The minimum Gasteiger partial charge on any atom is -0.489 e. The number of hydrogen-bond acceptors (Lipinski definition) is 4. The van der Waals surface area contributed by atoms with Gasteiger partial charge in [0.2, 0.25) is 0 Å². The summed E-state index contributed by atoms with van der Waals surface area (Å²) in [7, 11) is 1.38. The molecule has 4 heteroatoms. The number of carbonyl (C=O) groups excluding carboxylic acids is 1. The van der Waals surface area contributed by atoms with Crippen LogP contribution in [0.25, 0.3) is 0 Å². The molecule has 0 bridgehead atoms. The molecule has 110 valence electrons. The zero-order valence-corrected chi connectivity index (χ0v) is 12.3. The van der Waals surface area contributed by atoms with Crippen LogP contribution >= 0.6 is 0 Å². The standard InChI is InChI=1S/C16H23NO3/c1-13(12-17-10-4-3-5-11-17)20-15-8-6-14(7-9-15)16(18)19-2/h6-9,13H,3-5,10-12H2,1-2H3. The van der Waals surface area contributed by atoms with Gasteiger partial charge in [-0.2, -0.15) is 0 Å². The third-order valence-electron chi connectivity index (χ3n) is 3.58. The second-order valence-corrected chi connectivity index (χ2v) is 5.31. The maximum atomic E-state index is 11.3. The fourth-order valence-electron chi connectivity index (χ4n) is 2.56. The van der Waals surface area contributed by atoms with Gasteiger partial charge in [0.15, 0.2) is 0 Å². The smallest absolute Gasteiger partial charge is 0.337 e. The van der Waals surface area contributed by atoms with Crippen LogP contribution < -0.4 is 4.74 Å². The van der Waals surface area contributed by atoms with Crippen LogP contribution in [0.5, 0.6) is 5.75 Å². The lowest BCUT2D eigenvalue weighted by Crippen LogP contribution is -2.37. The van der Waals surface area contributed by atoms with Crippen LogP contribution in [0.2, 0.25) is 0 Å². The SMILES string of the molecule is COC(=O)c1ccc(OC(C)CN2CCCCC2)cc1. The van der Waals surface area contributed by atoms with Crippen LogP contribution in [0.4, 0.5) is 0 Å². The molecule has 1 heterocycles. The molecule has 0 N–H and O–H groups in total. The number of methoxy groups -OCH3 is 1. The van der Waals surface area contributed by atoms with E-state index in [1.54, 1.807) is 12.1 Å². The lowest BCUT2D eigenvalue weighted by atomic mass is 10.1. The molecule has 0 radical (unpaired) electrons. The van der Waals surface area contributed by atoms with Crippen molar-refractivity contribution >= 4 is 5.97 Å². The van der Waals surface area contributed by atoms with Crippen molar-refractivity contribution in [3.8, 4) is 5.75 Å². The maximum Gasteiger partial charge on any atom is 0.337 e. The third kappa shape index (κ3) is 4.23. The minimum absolute atomic E-state index is 0.150. The maximum absolute atomic E-state index is 11.3. The van der Waals surface area contributed by atoms with E-state index in [1.807, 2.05) is 12.1 Å². The largest absolute Gasteiger partial charge is 0.489 e. The molecule has 2 rings (SSSR count). The Balaban J connectivity index is 1.84. The first-order valence-corrected chi connectivity index (χ1v) is 7.26. The summed E-state index contributed by atoms with van der Waals surface area (Å²) in [6.45, 7) is 5.39. The number of benzene rings is 1. The second kappa shape index (κ2) is 7.29. The number of rotatable bonds is 5. The highest BCUT2D eigenvalue weighted by atomic mass is 16.5. The van der Waals surface area contributed by atoms with E-state index in [4.69, 9.17) is 4.74 Å². The van der Waals surface area contributed by atoms with E-state index in [0.717, 1.165) is 12.3 Å².